The molecule has 0 aliphatic heterocycles. The van der Waals surface area contributed by atoms with Crippen molar-refractivity contribution in [2.24, 2.45) is 17.3 Å². The molecule has 1 fully saturated rings. The van der Waals surface area contributed by atoms with Crippen LogP contribution in [0, 0.1) is 17.3 Å². The highest BCUT2D eigenvalue weighted by atomic mass is 16.5. The summed E-state index contributed by atoms with van der Waals surface area (Å²) in [6.07, 6.45) is 6.29. The number of ether oxygens (including phenoxy) is 1. The van der Waals surface area contributed by atoms with Crippen LogP contribution in [-0.2, 0) is 17.7 Å². The van der Waals surface area contributed by atoms with Gasteiger partial charge in [0.2, 0.25) is 0 Å². The van der Waals surface area contributed by atoms with E-state index in [1.54, 1.807) is 0 Å². The average Bonchev–Trinajstić information content (AvgIpc) is 2.73. The van der Waals surface area contributed by atoms with Gasteiger partial charge in [-0.1, -0.05) is 57.2 Å². The van der Waals surface area contributed by atoms with Crippen LogP contribution in [0.15, 0.2) is 48.5 Å². The van der Waals surface area contributed by atoms with Gasteiger partial charge < -0.3 is 10.1 Å². The summed E-state index contributed by atoms with van der Waals surface area (Å²) >= 11 is 0. The van der Waals surface area contributed by atoms with Gasteiger partial charge in [-0.05, 0) is 79.5 Å². The minimum Gasteiger partial charge on any atom is -0.462 e. The third-order valence-electron chi connectivity index (χ3n) is 6.53. The van der Waals surface area contributed by atoms with Gasteiger partial charge >= 0.3 is 5.97 Å². The fraction of sp³-hybridized carbons (Fsp3) is 0.519. The molecule has 1 aliphatic carbocycles. The lowest BCUT2D eigenvalue weighted by molar-refractivity contribution is 0.0526. The second kappa shape index (κ2) is 10.1. The minimum atomic E-state index is -0.252. The molecule has 0 amide bonds. The van der Waals surface area contributed by atoms with Crippen molar-refractivity contribution >= 4 is 11.7 Å². The first-order valence-electron chi connectivity index (χ1n) is 11.4. The Morgan fingerprint density at radius 2 is 1.73 bits per heavy atom. The van der Waals surface area contributed by atoms with E-state index in [4.69, 9.17) is 4.74 Å². The smallest absolute Gasteiger partial charge is 0.338 e. The van der Waals surface area contributed by atoms with Gasteiger partial charge in [0, 0.05) is 12.2 Å². The number of carbonyl (C=O) groups is 1. The van der Waals surface area contributed by atoms with E-state index in [1.165, 1.54) is 36.8 Å². The first-order chi connectivity index (χ1) is 14.4. The number of nitrogens with one attached hydrogen (secondary N) is 1. The van der Waals surface area contributed by atoms with Gasteiger partial charge in [-0.25, -0.2) is 4.79 Å². The van der Waals surface area contributed by atoms with Crippen LogP contribution >= 0.6 is 0 Å². The maximum absolute atomic E-state index is 12.3. The van der Waals surface area contributed by atoms with Gasteiger partial charge in [-0.15, -0.1) is 0 Å². The van der Waals surface area contributed by atoms with Crippen LogP contribution in [-0.4, -0.2) is 12.6 Å². The van der Waals surface area contributed by atoms with E-state index >= 15 is 0 Å². The predicted octanol–water partition coefficient (Wildman–Crippen LogP) is 6.87. The number of carbonyl (C=O) groups excluding carboxylic acids is 1. The van der Waals surface area contributed by atoms with Gasteiger partial charge in [0.25, 0.3) is 0 Å². The number of benzene rings is 2. The van der Waals surface area contributed by atoms with Gasteiger partial charge in [-0.3, -0.25) is 0 Å². The van der Waals surface area contributed by atoms with Crippen LogP contribution in [0.4, 0.5) is 5.69 Å². The van der Waals surface area contributed by atoms with Crippen LogP contribution < -0.4 is 5.32 Å². The Hall–Kier alpha value is -2.29. The lowest BCUT2D eigenvalue weighted by atomic mass is 9.69. The average molecular weight is 408 g/mol. The SMILES string of the molecule is CCOC(=O)c1ccc(CC2CCC(C(C)(C)C)CC2)c(NCc2ccccc2)c1. The van der Waals surface area contributed by atoms with E-state index in [2.05, 4.69) is 56.4 Å². The van der Waals surface area contributed by atoms with Gasteiger partial charge in [0.15, 0.2) is 0 Å². The molecule has 0 bridgehead atoms. The molecule has 2 aromatic rings. The highest BCUT2D eigenvalue weighted by molar-refractivity contribution is 5.90. The van der Waals surface area contributed by atoms with Crippen molar-refractivity contribution in [2.75, 3.05) is 11.9 Å². The Kier molecular flexibility index (Phi) is 7.58. The maximum Gasteiger partial charge on any atom is 0.338 e. The zero-order chi connectivity index (χ0) is 21.6. The molecule has 30 heavy (non-hydrogen) atoms. The highest BCUT2D eigenvalue weighted by Crippen LogP contribution is 2.41. The topological polar surface area (TPSA) is 38.3 Å². The third-order valence-corrected chi connectivity index (χ3v) is 6.53. The quantitative estimate of drug-likeness (QED) is 0.509. The molecule has 0 unspecified atom stereocenters. The molecule has 0 saturated heterocycles. The first-order valence-corrected chi connectivity index (χ1v) is 11.4. The Labute approximate surface area is 182 Å². The van der Waals surface area contributed by atoms with E-state index in [0.717, 1.165) is 24.6 Å². The summed E-state index contributed by atoms with van der Waals surface area (Å²) in [5.74, 6) is 1.29. The van der Waals surface area contributed by atoms with Crippen molar-refractivity contribution in [1.29, 1.82) is 0 Å². The van der Waals surface area contributed by atoms with E-state index in [0.29, 0.717) is 23.5 Å². The predicted molar refractivity (Wildman–Crippen MR) is 125 cm³/mol. The molecule has 2 aromatic carbocycles. The lowest BCUT2D eigenvalue weighted by Gasteiger charge is -2.37. The maximum atomic E-state index is 12.3. The summed E-state index contributed by atoms with van der Waals surface area (Å²) in [4.78, 5) is 12.3. The lowest BCUT2D eigenvalue weighted by Crippen LogP contribution is -2.26. The van der Waals surface area contributed by atoms with Gasteiger partial charge in [0.1, 0.15) is 0 Å². The fourth-order valence-corrected chi connectivity index (χ4v) is 4.60. The molecule has 1 N–H and O–H groups in total. The molecule has 1 saturated carbocycles. The molecule has 0 aromatic heterocycles. The van der Waals surface area contributed by atoms with E-state index in [1.807, 2.05) is 25.1 Å². The molecule has 0 spiro atoms. The molecule has 3 nitrogen and oxygen atoms in total. The zero-order valence-corrected chi connectivity index (χ0v) is 19.0. The molecule has 0 atom stereocenters. The summed E-state index contributed by atoms with van der Waals surface area (Å²) in [5.41, 5.74) is 4.62. The van der Waals surface area contributed by atoms with Crippen molar-refractivity contribution < 1.29 is 9.53 Å². The number of hydrogen-bond acceptors (Lipinski definition) is 3. The number of esters is 1. The first kappa shape index (κ1) is 22.4. The second-order valence-corrected chi connectivity index (χ2v) is 9.72. The molecular weight excluding hydrogens is 370 g/mol. The molecule has 3 heteroatoms. The van der Waals surface area contributed by atoms with Crippen molar-refractivity contribution in [3.8, 4) is 0 Å². The largest absolute Gasteiger partial charge is 0.462 e. The van der Waals surface area contributed by atoms with Crippen LogP contribution in [0.25, 0.3) is 0 Å². The van der Waals surface area contributed by atoms with Crippen LogP contribution in [0.2, 0.25) is 0 Å². The molecular formula is C27H37NO2. The molecule has 1 aliphatic rings. The monoisotopic (exact) mass is 407 g/mol. The normalized spacial score (nSPS) is 19.3. The third kappa shape index (κ3) is 6.10. The Morgan fingerprint density at radius 3 is 2.37 bits per heavy atom. The van der Waals surface area contributed by atoms with Gasteiger partial charge in [-0.2, -0.15) is 0 Å². The van der Waals surface area contributed by atoms with Crippen LogP contribution in [0.3, 0.4) is 0 Å². The number of rotatable bonds is 7. The highest BCUT2D eigenvalue weighted by Gasteiger charge is 2.30. The standard InChI is InChI=1S/C27H37NO2/c1-5-30-26(29)23-14-13-22(17-20-11-15-24(16-12-20)27(2,3)4)25(18-23)28-19-21-9-7-6-8-10-21/h6-10,13-14,18,20,24,28H,5,11-12,15-17,19H2,1-4H3. The van der Waals surface area contributed by atoms with Gasteiger partial charge in [0.05, 0.1) is 12.2 Å². The van der Waals surface area contributed by atoms with Crippen LogP contribution in [0.5, 0.6) is 0 Å². The van der Waals surface area contributed by atoms with E-state index in [9.17, 15) is 4.79 Å². The summed E-state index contributed by atoms with van der Waals surface area (Å²) in [6, 6.07) is 16.4. The second-order valence-electron chi connectivity index (χ2n) is 9.72. The van der Waals surface area contributed by atoms with Crippen LogP contribution in [0.1, 0.15) is 74.9 Å². The fourth-order valence-electron chi connectivity index (χ4n) is 4.60. The Bertz CT molecular complexity index is 815. The Morgan fingerprint density at radius 1 is 1.03 bits per heavy atom. The summed E-state index contributed by atoms with van der Waals surface area (Å²) in [5, 5.41) is 3.58. The van der Waals surface area contributed by atoms with Crippen molar-refractivity contribution in [3.63, 3.8) is 0 Å². The summed E-state index contributed by atoms with van der Waals surface area (Å²) in [6.45, 7) is 10.1. The summed E-state index contributed by atoms with van der Waals surface area (Å²) < 4.78 is 5.21. The number of anilines is 1. The molecule has 3 rings (SSSR count). The molecule has 0 radical (unpaired) electrons. The zero-order valence-electron chi connectivity index (χ0n) is 19.0. The van der Waals surface area contributed by atoms with E-state index < -0.39 is 0 Å². The minimum absolute atomic E-state index is 0.252. The van der Waals surface area contributed by atoms with E-state index in [-0.39, 0.29) is 5.97 Å². The number of hydrogen-bond donors (Lipinski definition) is 1. The molecule has 162 valence electrons. The van der Waals surface area contributed by atoms with Crippen molar-refractivity contribution in [1.82, 2.24) is 0 Å². The Balaban J connectivity index is 1.72. The van der Waals surface area contributed by atoms with Crippen molar-refractivity contribution in [2.45, 2.75) is 66.3 Å². The molecule has 0 heterocycles. The van der Waals surface area contributed by atoms with Crippen molar-refractivity contribution in [3.05, 3.63) is 65.2 Å². The summed E-state index contributed by atoms with van der Waals surface area (Å²) in [7, 11) is 0.